The Labute approximate surface area is 188 Å². The maximum atomic E-state index is 11.9. The molecule has 2 aromatic heterocycles. The molecule has 4 heterocycles. The van der Waals surface area contributed by atoms with E-state index in [1.807, 2.05) is 0 Å². The number of nitrogens with zero attached hydrogens (tertiary/aromatic N) is 6. The monoisotopic (exact) mass is 455 g/mol. The molecule has 8 nitrogen and oxygen atoms in total. The molecule has 0 atom stereocenters. The van der Waals surface area contributed by atoms with Gasteiger partial charge in [0.1, 0.15) is 22.4 Å². The van der Waals surface area contributed by atoms with Gasteiger partial charge in [-0.2, -0.15) is 4.98 Å². The maximum absolute atomic E-state index is 11.9. The van der Waals surface area contributed by atoms with Crippen LogP contribution in [-0.2, 0) is 10.8 Å². The molecule has 1 aromatic carbocycles. The Kier molecular flexibility index (Phi) is 6.02. The summed E-state index contributed by atoms with van der Waals surface area (Å²) in [7, 11) is -0.752. The van der Waals surface area contributed by atoms with Crippen LogP contribution in [0.1, 0.15) is 5.56 Å². The number of fused-ring (bicyclic) bond motifs is 1. The van der Waals surface area contributed by atoms with Gasteiger partial charge in [0.2, 0.25) is 5.95 Å². The summed E-state index contributed by atoms with van der Waals surface area (Å²) in [5, 5.41) is 4.21. The third kappa shape index (κ3) is 4.51. The Hall–Kier alpha value is -2.30. The molecule has 2 saturated heterocycles. The number of nitrogens with one attached hydrogen (secondary N) is 1. The molecule has 10 heteroatoms. The standard InChI is InChI=1S/C21H25N7OS2/c1-15-2-4-16(5-3-15)30-20-18-17(23-14-24-20)19(27-10-12-31(29)13-11-27)26-21(25-18)28-8-6-22-7-9-28/h2-5,14,22H,6-13H2,1H3. The van der Waals surface area contributed by atoms with Gasteiger partial charge in [-0.3, -0.25) is 4.21 Å². The molecule has 0 amide bonds. The smallest absolute Gasteiger partial charge is 0.228 e. The van der Waals surface area contributed by atoms with E-state index >= 15 is 0 Å². The summed E-state index contributed by atoms with van der Waals surface area (Å²) in [6.07, 6.45) is 1.60. The van der Waals surface area contributed by atoms with E-state index in [0.29, 0.717) is 24.6 Å². The first-order valence-electron chi connectivity index (χ1n) is 10.5. The number of hydrogen-bond acceptors (Lipinski definition) is 9. The third-order valence-corrected chi connectivity index (χ3v) is 7.81. The van der Waals surface area contributed by atoms with E-state index in [9.17, 15) is 4.21 Å². The fraction of sp³-hybridized carbons (Fsp3) is 0.429. The van der Waals surface area contributed by atoms with Crippen LogP contribution in [0, 0.1) is 6.92 Å². The molecule has 0 bridgehead atoms. The van der Waals surface area contributed by atoms with Crippen LogP contribution in [0.15, 0.2) is 40.5 Å². The summed E-state index contributed by atoms with van der Waals surface area (Å²) in [6.45, 7) is 7.06. The lowest BCUT2D eigenvalue weighted by molar-refractivity contribution is 0.580. The highest BCUT2D eigenvalue weighted by Crippen LogP contribution is 2.34. The van der Waals surface area contributed by atoms with Crippen molar-refractivity contribution < 1.29 is 4.21 Å². The third-order valence-electron chi connectivity index (χ3n) is 5.53. The number of rotatable bonds is 4. The Bertz CT molecular complexity index is 1090. The first-order chi connectivity index (χ1) is 15.2. The molecule has 0 unspecified atom stereocenters. The van der Waals surface area contributed by atoms with Gasteiger partial charge in [-0.05, 0) is 19.1 Å². The van der Waals surface area contributed by atoms with Crippen molar-refractivity contribution in [3.05, 3.63) is 36.2 Å². The molecule has 2 aliphatic heterocycles. The van der Waals surface area contributed by atoms with Gasteiger partial charge in [0.05, 0.1) is 0 Å². The van der Waals surface area contributed by atoms with Gasteiger partial charge in [0.15, 0.2) is 5.82 Å². The molecule has 2 aliphatic rings. The number of hydrogen-bond donors (Lipinski definition) is 1. The van der Waals surface area contributed by atoms with Crippen molar-refractivity contribution >= 4 is 45.4 Å². The van der Waals surface area contributed by atoms with Gasteiger partial charge in [0, 0.05) is 66.5 Å². The van der Waals surface area contributed by atoms with Crippen LogP contribution < -0.4 is 15.1 Å². The highest BCUT2D eigenvalue weighted by Gasteiger charge is 2.24. The van der Waals surface area contributed by atoms with Crippen molar-refractivity contribution in [3.8, 4) is 0 Å². The lowest BCUT2D eigenvalue weighted by Crippen LogP contribution is -2.44. The SMILES string of the molecule is Cc1ccc(Sc2ncnc3c(N4CCS(=O)CC4)nc(N4CCNCC4)nc23)cc1. The summed E-state index contributed by atoms with van der Waals surface area (Å²) < 4.78 is 11.9. The van der Waals surface area contributed by atoms with Crippen LogP contribution in [-0.4, -0.2) is 74.9 Å². The predicted molar refractivity (Wildman–Crippen MR) is 126 cm³/mol. The molecule has 2 fully saturated rings. The Morgan fingerprint density at radius 1 is 0.935 bits per heavy atom. The summed E-state index contributed by atoms with van der Waals surface area (Å²) in [6, 6.07) is 8.42. The average Bonchev–Trinajstić information content (AvgIpc) is 2.81. The fourth-order valence-electron chi connectivity index (χ4n) is 3.77. The number of anilines is 2. The van der Waals surface area contributed by atoms with Crippen LogP contribution in [0.2, 0.25) is 0 Å². The molecular formula is C21H25N7OS2. The summed E-state index contributed by atoms with van der Waals surface area (Å²) in [5.41, 5.74) is 2.76. The minimum Gasteiger partial charge on any atom is -0.353 e. The lowest BCUT2D eigenvalue weighted by Gasteiger charge is -2.31. The van der Waals surface area contributed by atoms with E-state index in [4.69, 9.17) is 9.97 Å². The molecule has 0 saturated carbocycles. The lowest BCUT2D eigenvalue weighted by atomic mass is 10.2. The molecular weight excluding hydrogens is 430 g/mol. The first kappa shape index (κ1) is 20.6. The van der Waals surface area contributed by atoms with Crippen molar-refractivity contribution in [2.45, 2.75) is 16.8 Å². The van der Waals surface area contributed by atoms with Crippen LogP contribution in [0.5, 0.6) is 0 Å². The quantitative estimate of drug-likeness (QED) is 0.592. The highest BCUT2D eigenvalue weighted by molar-refractivity contribution is 7.99. The normalized spacial score (nSPS) is 18.0. The largest absolute Gasteiger partial charge is 0.353 e. The molecule has 5 rings (SSSR count). The van der Waals surface area contributed by atoms with Gasteiger partial charge in [-0.25, -0.2) is 15.0 Å². The van der Waals surface area contributed by atoms with Crippen LogP contribution in [0.4, 0.5) is 11.8 Å². The second kappa shape index (κ2) is 9.05. The zero-order valence-electron chi connectivity index (χ0n) is 17.5. The number of piperazine rings is 1. The van der Waals surface area contributed by atoms with E-state index in [0.717, 1.165) is 58.9 Å². The van der Waals surface area contributed by atoms with Crippen LogP contribution in [0.3, 0.4) is 0 Å². The molecule has 1 N–H and O–H groups in total. The molecule has 162 valence electrons. The van der Waals surface area contributed by atoms with E-state index < -0.39 is 10.8 Å². The number of aromatic nitrogens is 4. The second-order valence-electron chi connectivity index (χ2n) is 7.71. The summed E-state index contributed by atoms with van der Waals surface area (Å²) >= 11 is 1.60. The molecule has 3 aromatic rings. The maximum Gasteiger partial charge on any atom is 0.228 e. The van der Waals surface area contributed by atoms with Crippen LogP contribution >= 0.6 is 11.8 Å². The Morgan fingerprint density at radius 2 is 1.68 bits per heavy atom. The van der Waals surface area contributed by atoms with Gasteiger partial charge in [-0.15, -0.1) is 0 Å². The predicted octanol–water partition coefficient (Wildman–Crippen LogP) is 1.86. The van der Waals surface area contributed by atoms with Crippen molar-refractivity contribution in [2.24, 2.45) is 0 Å². The Morgan fingerprint density at radius 3 is 2.42 bits per heavy atom. The number of benzene rings is 1. The van der Waals surface area contributed by atoms with Crippen molar-refractivity contribution in [1.82, 2.24) is 25.3 Å². The number of aryl methyl sites for hydroxylation is 1. The van der Waals surface area contributed by atoms with E-state index in [-0.39, 0.29) is 0 Å². The van der Waals surface area contributed by atoms with Crippen molar-refractivity contribution in [1.29, 1.82) is 0 Å². The van der Waals surface area contributed by atoms with Crippen LogP contribution in [0.25, 0.3) is 11.0 Å². The second-order valence-corrected chi connectivity index (χ2v) is 10.5. The van der Waals surface area contributed by atoms with E-state index in [1.54, 1.807) is 18.1 Å². The van der Waals surface area contributed by atoms with Gasteiger partial charge >= 0.3 is 0 Å². The van der Waals surface area contributed by atoms with E-state index in [1.165, 1.54) is 5.56 Å². The van der Waals surface area contributed by atoms with Crippen molar-refractivity contribution in [3.63, 3.8) is 0 Å². The topological polar surface area (TPSA) is 87.1 Å². The first-order valence-corrected chi connectivity index (χ1v) is 12.8. The van der Waals surface area contributed by atoms with E-state index in [2.05, 4.69) is 56.3 Å². The summed E-state index contributed by atoms with van der Waals surface area (Å²) in [4.78, 5) is 24.6. The van der Waals surface area contributed by atoms with Gasteiger partial charge in [-0.1, -0.05) is 29.5 Å². The van der Waals surface area contributed by atoms with Gasteiger partial charge < -0.3 is 15.1 Å². The van der Waals surface area contributed by atoms with Crippen molar-refractivity contribution in [2.75, 3.05) is 60.6 Å². The van der Waals surface area contributed by atoms with Gasteiger partial charge in [0.25, 0.3) is 0 Å². The zero-order chi connectivity index (χ0) is 21.2. The average molecular weight is 456 g/mol. The minimum atomic E-state index is -0.752. The fourth-order valence-corrected chi connectivity index (χ4v) is 5.66. The Balaban J connectivity index is 1.60. The summed E-state index contributed by atoms with van der Waals surface area (Å²) in [5.74, 6) is 2.86. The molecule has 0 radical (unpaired) electrons. The minimum absolute atomic E-state index is 0.657. The molecule has 0 spiro atoms. The molecule has 31 heavy (non-hydrogen) atoms. The molecule has 0 aliphatic carbocycles. The highest BCUT2D eigenvalue weighted by atomic mass is 32.2. The zero-order valence-corrected chi connectivity index (χ0v) is 19.1.